The monoisotopic (exact) mass is 325 g/mol. The van der Waals surface area contributed by atoms with Crippen molar-refractivity contribution in [2.24, 2.45) is 5.92 Å². The number of carbonyl (C=O) groups is 3. The van der Waals surface area contributed by atoms with Gasteiger partial charge in [-0.25, -0.2) is 4.98 Å². The molecule has 2 rings (SSSR count). The van der Waals surface area contributed by atoms with Crippen molar-refractivity contribution < 1.29 is 19.1 Å². The van der Waals surface area contributed by atoms with Crippen molar-refractivity contribution in [3.8, 4) is 0 Å². The normalized spacial score (nSPS) is 15.5. The molecule has 0 aromatic carbocycles. The lowest BCUT2D eigenvalue weighted by Crippen LogP contribution is -2.45. The maximum absolute atomic E-state index is 12.1. The Morgan fingerprint density at radius 2 is 2.09 bits per heavy atom. The van der Waals surface area contributed by atoms with Crippen molar-refractivity contribution in [2.45, 2.75) is 26.7 Å². The van der Waals surface area contributed by atoms with Crippen LogP contribution in [0.5, 0.6) is 0 Å². The molecule has 7 nitrogen and oxygen atoms in total. The molecule has 1 aromatic rings. The number of piperidine rings is 1. The Hall–Kier alpha value is -1.96. The summed E-state index contributed by atoms with van der Waals surface area (Å²) in [6, 6.07) is 0. The Labute approximate surface area is 132 Å². The highest BCUT2D eigenvalue weighted by Crippen LogP contribution is 2.19. The molecule has 0 unspecified atom stereocenters. The van der Waals surface area contributed by atoms with E-state index in [9.17, 15) is 14.4 Å². The number of hydrogen-bond donors (Lipinski definition) is 1. The van der Waals surface area contributed by atoms with Crippen LogP contribution in [-0.2, 0) is 19.1 Å². The Balaban J connectivity index is 1.84. The molecule has 0 aliphatic carbocycles. The van der Waals surface area contributed by atoms with E-state index in [4.69, 9.17) is 4.74 Å². The first-order valence-corrected chi connectivity index (χ1v) is 8.08. The average Bonchev–Trinajstić information content (AvgIpc) is 2.92. The number of nitrogens with one attached hydrogen (secondary N) is 1. The van der Waals surface area contributed by atoms with Gasteiger partial charge in [0.1, 0.15) is 0 Å². The molecule has 0 atom stereocenters. The van der Waals surface area contributed by atoms with Gasteiger partial charge < -0.3 is 9.64 Å². The number of amides is 2. The maximum atomic E-state index is 12.1. The van der Waals surface area contributed by atoms with E-state index in [1.165, 1.54) is 16.2 Å². The van der Waals surface area contributed by atoms with Crippen molar-refractivity contribution in [3.63, 3.8) is 0 Å². The molecule has 0 radical (unpaired) electrons. The molecule has 8 heteroatoms. The molecule has 0 spiro atoms. The zero-order chi connectivity index (χ0) is 16.1. The van der Waals surface area contributed by atoms with Crippen LogP contribution in [0.1, 0.15) is 25.5 Å². The van der Waals surface area contributed by atoms with E-state index >= 15 is 0 Å². The Bertz CT molecular complexity index is 564. The molecule has 1 aromatic heterocycles. The van der Waals surface area contributed by atoms with Gasteiger partial charge in [0.05, 0.1) is 18.2 Å². The zero-order valence-electron chi connectivity index (χ0n) is 12.6. The van der Waals surface area contributed by atoms with Gasteiger partial charge in [-0.3, -0.25) is 19.7 Å². The third-order valence-electron chi connectivity index (χ3n) is 3.44. The highest BCUT2D eigenvalue weighted by atomic mass is 32.1. The Kier molecular flexibility index (Phi) is 5.48. The van der Waals surface area contributed by atoms with Crippen LogP contribution in [0, 0.1) is 12.8 Å². The minimum atomic E-state index is -0.691. The summed E-state index contributed by atoms with van der Waals surface area (Å²) in [7, 11) is 0. The average molecular weight is 325 g/mol. The van der Waals surface area contributed by atoms with Crippen molar-refractivity contribution in [3.05, 3.63) is 11.1 Å². The third kappa shape index (κ3) is 4.03. The predicted octanol–water partition coefficient (Wildman–Crippen LogP) is 1.19. The van der Waals surface area contributed by atoms with Crippen molar-refractivity contribution >= 4 is 34.3 Å². The van der Waals surface area contributed by atoms with E-state index in [-0.39, 0.29) is 11.9 Å². The molecule has 120 valence electrons. The lowest BCUT2D eigenvalue weighted by Gasteiger charge is -2.30. The van der Waals surface area contributed by atoms with Crippen molar-refractivity contribution in [1.82, 2.24) is 9.88 Å². The number of nitrogens with zero attached hydrogens (tertiary/aromatic N) is 2. The third-order valence-corrected chi connectivity index (χ3v) is 4.31. The van der Waals surface area contributed by atoms with Crippen LogP contribution in [0.3, 0.4) is 0 Å². The largest absolute Gasteiger partial charge is 0.466 e. The van der Waals surface area contributed by atoms with Gasteiger partial charge in [0, 0.05) is 18.5 Å². The van der Waals surface area contributed by atoms with E-state index < -0.39 is 11.8 Å². The topological polar surface area (TPSA) is 88.6 Å². The summed E-state index contributed by atoms with van der Waals surface area (Å²) >= 11 is 1.28. The summed E-state index contributed by atoms with van der Waals surface area (Å²) in [5.74, 6) is -1.69. The second-order valence-electron chi connectivity index (χ2n) is 5.07. The van der Waals surface area contributed by atoms with Gasteiger partial charge >= 0.3 is 17.8 Å². The summed E-state index contributed by atoms with van der Waals surface area (Å²) in [4.78, 5) is 41.2. The summed E-state index contributed by atoms with van der Waals surface area (Å²) in [6.45, 7) is 4.70. The van der Waals surface area contributed by atoms with Crippen LogP contribution in [0.4, 0.5) is 5.13 Å². The van der Waals surface area contributed by atoms with Gasteiger partial charge in [-0.05, 0) is 26.7 Å². The van der Waals surface area contributed by atoms with Crippen LogP contribution in [0.15, 0.2) is 5.38 Å². The number of anilines is 1. The van der Waals surface area contributed by atoms with Gasteiger partial charge in [-0.15, -0.1) is 11.3 Å². The fourth-order valence-electron chi connectivity index (χ4n) is 2.28. The molecule has 22 heavy (non-hydrogen) atoms. The number of aryl methyl sites for hydroxylation is 1. The quantitative estimate of drug-likeness (QED) is 0.666. The van der Waals surface area contributed by atoms with Crippen LogP contribution in [-0.4, -0.2) is 47.4 Å². The lowest BCUT2D eigenvalue weighted by atomic mass is 9.97. The highest BCUT2D eigenvalue weighted by molar-refractivity contribution is 7.14. The number of likely N-dealkylation sites (tertiary alicyclic amines) is 1. The van der Waals surface area contributed by atoms with Crippen molar-refractivity contribution in [2.75, 3.05) is 25.0 Å². The highest BCUT2D eigenvalue weighted by Gasteiger charge is 2.30. The molecular formula is C14H19N3O4S. The SMILES string of the molecule is CCOC(=O)C1CCN(C(=O)C(=O)Nc2nc(C)cs2)CC1. The minimum Gasteiger partial charge on any atom is -0.466 e. The van der Waals surface area contributed by atoms with Crippen LogP contribution < -0.4 is 5.32 Å². The van der Waals surface area contributed by atoms with Crippen molar-refractivity contribution in [1.29, 1.82) is 0 Å². The molecule has 0 saturated carbocycles. The molecule has 1 N–H and O–H groups in total. The molecule has 0 bridgehead atoms. The lowest BCUT2D eigenvalue weighted by molar-refractivity contribution is -0.152. The number of esters is 1. The van der Waals surface area contributed by atoms with Crippen LogP contribution in [0.2, 0.25) is 0 Å². The van der Waals surface area contributed by atoms with E-state index in [0.717, 1.165) is 5.69 Å². The first-order valence-electron chi connectivity index (χ1n) is 7.20. The summed E-state index contributed by atoms with van der Waals surface area (Å²) in [5.41, 5.74) is 0.794. The van der Waals surface area contributed by atoms with Gasteiger partial charge in [0.25, 0.3) is 0 Å². The number of aromatic nitrogens is 1. The van der Waals surface area contributed by atoms with E-state index in [1.54, 1.807) is 12.3 Å². The zero-order valence-corrected chi connectivity index (χ0v) is 13.4. The molecule has 1 fully saturated rings. The van der Waals surface area contributed by atoms with E-state index in [0.29, 0.717) is 37.7 Å². The number of hydrogen-bond acceptors (Lipinski definition) is 6. The predicted molar refractivity (Wildman–Crippen MR) is 81.4 cm³/mol. The Morgan fingerprint density at radius 1 is 1.41 bits per heavy atom. The molecular weight excluding hydrogens is 306 g/mol. The smallest absolute Gasteiger partial charge is 0.315 e. The Morgan fingerprint density at radius 3 is 2.64 bits per heavy atom. The molecule has 1 aliphatic heterocycles. The van der Waals surface area contributed by atoms with Crippen LogP contribution >= 0.6 is 11.3 Å². The second kappa shape index (κ2) is 7.35. The van der Waals surface area contributed by atoms with E-state index in [1.807, 2.05) is 6.92 Å². The fourth-order valence-corrected chi connectivity index (χ4v) is 2.97. The molecule has 2 heterocycles. The first kappa shape index (κ1) is 16.4. The van der Waals surface area contributed by atoms with E-state index in [2.05, 4.69) is 10.3 Å². The first-order chi connectivity index (χ1) is 10.5. The summed E-state index contributed by atoms with van der Waals surface area (Å²) in [5, 5.41) is 4.71. The summed E-state index contributed by atoms with van der Waals surface area (Å²) in [6.07, 6.45) is 1.04. The standard InChI is InChI=1S/C14H19N3O4S/c1-3-21-13(20)10-4-6-17(7-5-10)12(19)11(18)16-14-15-9(2)8-22-14/h8,10H,3-7H2,1-2H3,(H,15,16,18). The van der Waals surface area contributed by atoms with Gasteiger partial charge in [0.15, 0.2) is 5.13 Å². The number of rotatable bonds is 3. The number of carbonyl (C=O) groups excluding carboxylic acids is 3. The molecule has 1 aliphatic rings. The summed E-state index contributed by atoms with van der Waals surface area (Å²) < 4.78 is 4.98. The van der Waals surface area contributed by atoms with Gasteiger partial charge in [0.2, 0.25) is 0 Å². The fraction of sp³-hybridized carbons (Fsp3) is 0.571. The second-order valence-corrected chi connectivity index (χ2v) is 5.92. The maximum Gasteiger partial charge on any atom is 0.315 e. The molecule has 1 saturated heterocycles. The number of thiazole rings is 1. The molecule has 2 amide bonds. The van der Waals surface area contributed by atoms with Gasteiger partial charge in [-0.1, -0.05) is 0 Å². The number of ether oxygens (including phenoxy) is 1. The minimum absolute atomic E-state index is 0.186. The van der Waals surface area contributed by atoms with Crippen LogP contribution in [0.25, 0.3) is 0 Å². The van der Waals surface area contributed by atoms with Gasteiger partial charge in [-0.2, -0.15) is 0 Å².